The van der Waals surface area contributed by atoms with Gasteiger partial charge in [-0.1, -0.05) is 24.3 Å². The van der Waals surface area contributed by atoms with Crippen molar-refractivity contribution < 1.29 is 0 Å². The maximum atomic E-state index is 6.07. The summed E-state index contributed by atoms with van der Waals surface area (Å²) in [7, 11) is 0. The predicted molar refractivity (Wildman–Crippen MR) is 89.0 cm³/mol. The summed E-state index contributed by atoms with van der Waals surface area (Å²) in [5.74, 6) is 0. The van der Waals surface area contributed by atoms with E-state index in [0.29, 0.717) is 12.6 Å². The Morgan fingerprint density at radius 1 is 1.30 bits per heavy atom. The molecule has 1 aromatic heterocycles. The predicted octanol–water partition coefficient (Wildman–Crippen LogP) is 3.96. The van der Waals surface area contributed by atoms with Crippen LogP contribution in [0.2, 0.25) is 0 Å². The molecule has 0 aliphatic carbocycles. The molecule has 1 unspecified atom stereocenters. The lowest BCUT2D eigenvalue weighted by Crippen LogP contribution is -2.33. The number of aryl methyl sites for hydroxylation is 1. The minimum absolute atomic E-state index is 0.331. The molecule has 1 aliphatic rings. The first-order chi connectivity index (χ1) is 9.78. The Morgan fingerprint density at radius 3 is 2.80 bits per heavy atom. The standard InChI is InChI=1S/C16H19BrN2S/c17-14-8-16(20-11-14)15(9-18)19-7-3-6-12-4-1-2-5-13(12)10-19/h1-2,4-5,8,11,15H,3,6-7,9-10,18H2. The molecule has 2 N–H and O–H groups in total. The molecule has 1 atom stereocenters. The van der Waals surface area contributed by atoms with Crippen molar-refractivity contribution in [3.63, 3.8) is 0 Å². The molecule has 2 nitrogen and oxygen atoms in total. The van der Waals surface area contributed by atoms with E-state index in [4.69, 9.17) is 5.73 Å². The molecule has 0 amide bonds. The van der Waals surface area contributed by atoms with Crippen molar-refractivity contribution in [1.82, 2.24) is 4.90 Å². The van der Waals surface area contributed by atoms with Crippen molar-refractivity contribution in [1.29, 1.82) is 0 Å². The van der Waals surface area contributed by atoms with Crippen LogP contribution in [0.15, 0.2) is 40.2 Å². The minimum Gasteiger partial charge on any atom is -0.329 e. The van der Waals surface area contributed by atoms with Gasteiger partial charge in [0.25, 0.3) is 0 Å². The molecule has 2 heterocycles. The number of halogens is 1. The van der Waals surface area contributed by atoms with Gasteiger partial charge in [0.1, 0.15) is 0 Å². The van der Waals surface area contributed by atoms with E-state index in [-0.39, 0.29) is 0 Å². The molecule has 0 saturated carbocycles. The minimum atomic E-state index is 0.331. The highest BCUT2D eigenvalue weighted by Gasteiger charge is 2.23. The zero-order valence-electron chi connectivity index (χ0n) is 11.4. The molecule has 0 saturated heterocycles. The Morgan fingerprint density at radius 2 is 2.10 bits per heavy atom. The molecule has 0 fully saturated rings. The molecule has 1 aromatic carbocycles. The number of rotatable bonds is 3. The first kappa shape index (κ1) is 14.3. The molecule has 3 rings (SSSR count). The number of nitrogens with zero attached hydrogens (tertiary/aromatic N) is 1. The van der Waals surface area contributed by atoms with E-state index in [9.17, 15) is 0 Å². The Labute approximate surface area is 132 Å². The van der Waals surface area contributed by atoms with Crippen LogP contribution in [0.25, 0.3) is 0 Å². The number of hydrogen-bond acceptors (Lipinski definition) is 3. The van der Waals surface area contributed by atoms with E-state index >= 15 is 0 Å². The van der Waals surface area contributed by atoms with Gasteiger partial charge >= 0.3 is 0 Å². The topological polar surface area (TPSA) is 29.3 Å². The smallest absolute Gasteiger partial charge is 0.0567 e. The lowest BCUT2D eigenvalue weighted by Gasteiger charge is -2.29. The van der Waals surface area contributed by atoms with Gasteiger partial charge in [-0.3, -0.25) is 4.90 Å². The average molecular weight is 351 g/mol. The number of thiophene rings is 1. The van der Waals surface area contributed by atoms with Crippen molar-refractivity contribution in [2.75, 3.05) is 13.1 Å². The maximum Gasteiger partial charge on any atom is 0.0567 e. The SMILES string of the molecule is NCC(c1cc(Br)cs1)N1CCCc2ccccc2C1. The Bertz CT molecular complexity index is 581. The van der Waals surface area contributed by atoms with Gasteiger partial charge in [-0.15, -0.1) is 11.3 Å². The molecule has 106 valence electrons. The average Bonchev–Trinajstić information content (AvgIpc) is 2.76. The second-order valence-corrected chi connectivity index (χ2v) is 7.12. The monoisotopic (exact) mass is 350 g/mol. The third-order valence-corrected chi connectivity index (χ3v) is 5.76. The highest BCUT2D eigenvalue weighted by atomic mass is 79.9. The molecule has 2 aromatic rings. The second kappa shape index (κ2) is 6.39. The third-order valence-electron chi connectivity index (χ3n) is 3.96. The first-order valence-electron chi connectivity index (χ1n) is 7.03. The van der Waals surface area contributed by atoms with Crippen LogP contribution in [0.4, 0.5) is 0 Å². The molecular weight excluding hydrogens is 332 g/mol. The van der Waals surface area contributed by atoms with Gasteiger partial charge in [-0.25, -0.2) is 0 Å². The van der Waals surface area contributed by atoms with E-state index < -0.39 is 0 Å². The summed E-state index contributed by atoms with van der Waals surface area (Å²) in [6.45, 7) is 2.80. The van der Waals surface area contributed by atoms with Crippen LogP contribution in [-0.2, 0) is 13.0 Å². The van der Waals surface area contributed by atoms with Crippen LogP contribution in [0.5, 0.6) is 0 Å². The normalized spacial score (nSPS) is 17.5. The molecule has 20 heavy (non-hydrogen) atoms. The van der Waals surface area contributed by atoms with Gasteiger partial charge in [-0.05, 0) is 52.5 Å². The van der Waals surface area contributed by atoms with Crippen LogP contribution in [0.1, 0.15) is 28.5 Å². The largest absolute Gasteiger partial charge is 0.329 e. The van der Waals surface area contributed by atoms with Crippen LogP contribution < -0.4 is 5.73 Å². The van der Waals surface area contributed by atoms with E-state index in [1.54, 1.807) is 11.3 Å². The highest BCUT2D eigenvalue weighted by molar-refractivity contribution is 9.10. The lowest BCUT2D eigenvalue weighted by molar-refractivity contribution is 0.198. The summed E-state index contributed by atoms with van der Waals surface area (Å²) in [5.41, 5.74) is 9.02. The quantitative estimate of drug-likeness (QED) is 0.907. The van der Waals surface area contributed by atoms with Crippen molar-refractivity contribution in [2.24, 2.45) is 5.73 Å². The van der Waals surface area contributed by atoms with Gasteiger partial charge in [0, 0.05) is 27.8 Å². The van der Waals surface area contributed by atoms with Gasteiger partial charge < -0.3 is 5.73 Å². The van der Waals surface area contributed by atoms with Gasteiger partial charge in [-0.2, -0.15) is 0 Å². The summed E-state index contributed by atoms with van der Waals surface area (Å²) in [4.78, 5) is 3.89. The van der Waals surface area contributed by atoms with E-state index in [1.165, 1.54) is 28.8 Å². The third kappa shape index (κ3) is 2.98. The van der Waals surface area contributed by atoms with Gasteiger partial charge in [0.15, 0.2) is 0 Å². The molecular formula is C16H19BrN2S. The maximum absolute atomic E-state index is 6.07. The molecule has 0 radical (unpaired) electrons. The summed E-state index contributed by atoms with van der Waals surface area (Å²) in [5, 5.41) is 2.14. The zero-order valence-corrected chi connectivity index (χ0v) is 13.8. The van der Waals surface area contributed by atoms with Crippen molar-refractivity contribution >= 4 is 27.3 Å². The summed E-state index contributed by atoms with van der Waals surface area (Å²) in [6, 6.07) is 11.3. The van der Waals surface area contributed by atoms with Gasteiger partial charge in [0.2, 0.25) is 0 Å². The zero-order chi connectivity index (χ0) is 13.9. The fraction of sp³-hybridized carbons (Fsp3) is 0.375. The summed E-state index contributed by atoms with van der Waals surface area (Å²) in [6.07, 6.45) is 2.39. The Kier molecular flexibility index (Phi) is 4.56. The van der Waals surface area contributed by atoms with Crippen LogP contribution in [0, 0.1) is 0 Å². The van der Waals surface area contributed by atoms with Gasteiger partial charge in [0.05, 0.1) is 6.04 Å². The summed E-state index contributed by atoms with van der Waals surface area (Å²) < 4.78 is 1.16. The fourth-order valence-corrected chi connectivity index (χ4v) is 4.53. The van der Waals surface area contributed by atoms with Crippen molar-refractivity contribution in [3.05, 3.63) is 56.2 Å². The van der Waals surface area contributed by atoms with Crippen molar-refractivity contribution in [2.45, 2.75) is 25.4 Å². The summed E-state index contributed by atoms with van der Waals surface area (Å²) >= 11 is 5.34. The molecule has 4 heteroatoms. The molecule has 0 spiro atoms. The number of hydrogen-bond donors (Lipinski definition) is 1. The number of fused-ring (bicyclic) bond motifs is 1. The second-order valence-electron chi connectivity index (χ2n) is 5.26. The van der Waals surface area contributed by atoms with E-state index in [1.807, 2.05) is 0 Å². The van der Waals surface area contributed by atoms with Crippen molar-refractivity contribution in [3.8, 4) is 0 Å². The van der Waals surface area contributed by atoms with E-state index in [0.717, 1.165) is 17.6 Å². The Balaban J connectivity index is 1.86. The first-order valence-corrected chi connectivity index (χ1v) is 8.70. The Hall–Kier alpha value is -0.680. The van der Waals surface area contributed by atoms with Crippen LogP contribution in [-0.4, -0.2) is 18.0 Å². The molecule has 0 bridgehead atoms. The molecule has 1 aliphatic heterocycles. The highest BCUT2D eigenvalue weighted by Crippen LogP contribution is 2.31. The van der Waals surface area contributed by atoms with Crippen LogP contribution >= 0.6 is 27.3 Å². The van der Waals surface area contributed by atoms with E-state index in [2.05, 4.69) is 56.5 Å². The number of nitrogens with two attached hydrogens (primary N) is 1. The number of benzene rings is 1. The van der Waals surface area contributed by atoms with Crippen LogP contribution in [0.3, 0.4) is 0 Å². The fourth-order valence-electron chi connectivity index (χ4n) is 2.94. The lowest BCUT2D eigenvalue weighted by atomic mass is 10.0.